The summed E-state index contributed by atoms with van der Waals surface area (Å²) in [5.41, 5.74) is 4.55. The van der Waals surface area contributed by atoms with Crippen molar-refractivity contribution >= 4 is 21.4 Å². The van der Waals surface area contributed by atoms with Crippen molar-refractivity contribution in [2.75, 3.05) is 31.1 Å². The molecule has 0 aromatic heterocycles. The number of piperazine rings is 1. The molecular weight excluding hydrogens is 396 g/mol. The molecular formula is C24H32N2O3S. The average molecular weight is 429 g/mol. The lowest BCUT2D eigenvalue weighted by Crippen LogP contribution is -2.48. The van der Waals surface area contributed by atoms with Crippen LogP contribution in [-0.4, -0.2) is 50.7 Å². The number of nitrogens with zero attached hydrogens (tertiary/aromatic N) is 2. The van der Waals surface area contributed by atoms with Gasteiger partial charge in [-0.1, -0.05) is 36.4 Å². The van der Waals surface area contributed by atoms with Gasteiger partial charge >= 0.3 is 0 Å². The van der Waals surface area contributed by atoms with Crippen LogP contribution in [0.4, 0.5) is 5.69 Å². The Balaban J connectivity index is 1.51. The fourth-order valence-corrected chi connectivity index (χ4v) is 4.63. The van der Waals surface area contributed by atoms with Gasteiger partial charge in [0.1, 0.15) is 0 Å². The highest BCUT2D eigenvalue weighted by Crippen LogP contribution is 2.19. The van der Waals surface area contributed by atoms with E-state index in [0.29, 0.717) is 0 Å². The molecule has 0 bridgehead atoms. The number of carbonyl (C=O) groups is 1. The molecule has 0 unspecified atom stereocenters. The molecule has 1 saturated heterocycles. The number of aryl methyl sites for hydroxylation is 2. The van der Waals surface area contributed by atoms with Crippen molar-refractivity contribution in [1.29, 1.82) is 0 Å². The van der Waals surface area contributed by atoms with E-state index < -0.39 is 9.84 Å². The SMILES string of the molecule is CC(=O)N1CCN(c2ccc(CCc3ccc(CS(=O)(=O)C(C)C)cc3)cc2)CC1. The van der Waals surface area contributed by atoms with Gasteiger partial charge in [-0.15, -0.1) is 0 Å². The van der Waals surface area contributed by atoms with Gasteiger partial charge in [0.2, 0.25) is 5.91 Å². The molecule has 1 aliphatic rings. The monoisotopic (exact) mass is 428 g/mol. The van der Waals surface area contributed by atoms with Crippen molar-refractivity contribution < 1.29 is 13.2 Å². The minimum atomic E-state index is -3.06. The summed E-state index contributed by atoms with van der Waals surface area (Å²) in [6, 6.07) is 16.6. The van der Waals surface area contributed by atoms with Crippen molar-refractivity contribution in [2.45, 2.75) is 44.6 Å². The molecule has 3 rings (SSSR count). The first-order chi connectivity index (χ1) is 14.2. The Hall–Kier alpha value is -2.34. The minimum Gasteiger partial charge on any atom is -0.368 e. The third-order valence-corrected chi connectivity index (χ3v) is 8.01. The van der Waals surface area contributed by atoms with Crippen molar-refractivity contribution in [3.05, 3.63) is 65.2 Å². The number of amides is 1. The lowest BCUT2D eigenvalue weighted by atomic mass is 10.0. The first kappa shape index (κ1) is 22.3. The first-order valence-corrected chi connectivity index (χ1v) is 12.3. The Morgan fingerprint density at radius 3 is 1.77 bits per heavy atom. The molecule has 0 N–H and O–H groups in total. The lowest BCUT2D eigenvalue weighted by molar-refractivity contribution is -0.129. The van der Waals surface area contributed by atoms with E-state index in [1.54, 1.807) is 20.8 Å². The molecule has 1 amide bonds. The highest BCUT2D eigenvalue weighted by atomic mass is 32.2. The number of sulfone groups is 1. The van der Waals surface area contributed by atoms with Gasteiger partial charge in [-0.2, -0.15) is 0 Å². The summed E-state index contributed by atoms with van der Waals surface area (Å²) in [6.45, 7) is 8.39. The second-order valence-electron chi connectivity index (χ2n) is 8.33. The molecule has 0 saturated carbocycles. The molecule has 0 radical (unpaired) electrons. The molecule has 1 aliphatic heterocycles. The van der Waals surface area contributed by atoms with Crippen LogP contribution in [0, 0.1) is 0 Å². The summed E-state index contributed by atoms with van der Waals surface area (Å²) in [5.74, 6) is 0.257. The van der Waals surface area contributed by atoms with E-state index >= 15 is 0 Å². The van der Waals surface area contributed by atoms with Crippen LogP contribution < -0.4 is 4.90 Å². The molecule has 0 atom stereocenters. The Labute approximate surface area is 180 Å². The van der Waals surface area contributed by atoms with Crippen LogP contribution in [0.25, 0.3) is 0 Å². The fourth-order valence-electron chi connectivity index (χ4n) is 3.64. The maximum Gasteiger partial charge on any atom is 0.219 e. The van der Waals surface area contributed by atoms with Crippen molar-refractivity contribution in [2.24, 2.45) is 0 Å². The standard InChI is InChI=1S/C24H32N2O3S/c1-19(2)30(28,29)18-23-8-6-21(7-9-23)4-5-22-10-12-24(13-11-22)26-16-14-25(15-17-26)20(3)27/h6-13,19H,4-5,14-18H2,1-3H3. The fraction of sp³-hybridized carbons (Fsp3) is 0.458. The number of hydrogen-bond donors (Lipinski definition) is 0. The van der Waals surface area contributed by atoms with E-state index in [1.165, 1.54) is 16.8 Å². The van der Waals surface area contributed by atoms with Gasteiger partial charge in [-0.25, -0.2) is 8.42 Å². The van der Waals surface area contributed by atoms with E-state index in [-0.39, 0.29) is 16.9 Å². The summed E-state index contributed by atoms with van der Waals surface area (Å²) < 4.78 is 24.1. The van der Waals surface area contributed by atoms with Gasteiger partial charge < -0.3 is 9.80 Å². The van der Waals surface area contributed by atoms with Gasteiger partial charge in [0.15, 0.2) is 9.84 Å². The van der Waals surface area contributed by atoms with E-state index in [4.69, 9.17) is 0 Å². The maximum absolute atomic E-state index is 12.1. The zero-order valence-corrected chi connectivity index (χ0v) is 19.0. The van der Waals surface area contributed by atoms with E-state index in [0.717, 1.165) is 44.6 Å². The van der Waals surface area contributed by atoms with Gasteiger partial charge in [-0.05, 0) is 55.5 Å². The quantitative estimate of drug-likeness (QED) is 0.678. The molecule has 0 aliphatic carbocycles. The zero-order chi connectivity index (χ0) is 21.7. The highest BCUT2D eigenvalue weighted by Gasteiger charge is 2.19. The second-order valence-corrected chi connectivity index (χ2v) is 10.9. The molecule has 1 fully saturated rings. The molecule has 6 heteroatoms. The van der Waals surface area contributed by atoms with Crippen LogP contribution in [0.1, 0.15) is 37.5 Å². The van der Waals surface area contributed by atoms with Crippen molar-refractivity contribution in [1.82, 2.24) is 4.90 Å². The number of rotatable bonds is 7. The van der Waals surface area contributed by atoms with Crippen LogP contribution >= 0.6 is 0 Å². The van der Waals surface area contributed by atoms with E-state index in [1.807, 2.05) is 29.2 Å². The number of benzene rings is 2. The second kappa shape index (κ2) is 9.65. The first-order valence-electron chi connectivity index (χ1n) is 10.6. The average Bonchev–Trinajstić information content (AvgIpc) is 2.73. The molecule has 0 spiro atoms. The number of anilines is 1. The third kappa shape index (κ3) is 5.85. The minimum absolute atomic E-state index is 0.104. The zero-order valence-electron chi connectivity index (χ0n) is 18.2. The normalized spacial score (nSPS) is 14.9. The molecule has 162 valence electrons. The largest absolute Gasteiger partial charge is 0.368 e. The molecule has 2 aromatic carbocycles. The topological polar surface area (TPSA) is 57.7 Å². The molecule has 5 nitrogen and oxygen atoms in total. The molecule has 1 heterocycles. The molecule has 30 heavy (non-hydrogen) atoms. The summed E-state index contributed by atoms with van der Waals surface area (Å²) in [6.07, 6.45) is 1.87. The van der Waals surface area contributed by atoms with Gasteiger partial charge in [-0.3, -0.25) is 4.79 Å². The Kier molecular flexibility index (Phi) is 7.19. The summed E-state index contributed by atoms with van der Waals surface area (Å²) in [5, 5.41) is -0.349. The van der Waals surface area contributed by atoms with Crippen molar-refractivity contribution in [3.63, 3.8) is 0 Å². The van der Waals surface area contributed by atoms with Crippen LogP contribution in [0.5, 0.6) is 0 Å². The lowest BCUT2D eigenvalue weighted by Gasteiger charge is -2.35. The smallest absolute Gasteiger partial charge is 0.219 e. The summed E-state index contributed by atoms with van der Waals surface area (Å²) in [7, 11) is -3.06. The van der Waals surface area contributed by atoms with Crippen LogP contribution in [0.2, 0.25) is 0 Å². The van der Waals surface area contributed by atoms with Gasteiger partial charge in [0, 0.05) is 38.8 Å². The third-order valence-electron chi connectivity index (χ3n) is 5.84. The van der Waals surface area contributed by atoms with E-state index in [9.17, 15) is 13.2 Å². The summed E-state index contributed by atoms with van der Waals surface area (Å²) >= 11 is 0. The van der Waals surface area contributed by atoms with Gasteiger partial charge in [0.05, 0.1) is 11.0 Å². The van der Waals surface area contributed by atoms with Crippen LogP contribution in [0.3, 0.4) is 0 Å². The molecule has 2 aromatic rings. The maximum atomic E-state index is 12.1. The number of carbonyl (C=O) groups excluding carboxylic acids is 1. The highest BCUT2D eigenvalue weighted by molar-refractivity contribution is 7.91. The Morgan fingerprint density at radius 1 is 0.833 bits per heavy atom. The van der Waals surface area contributed by atoms with Crippen LogP contribution in [-0.2, 0) is 33.2 Å². The number of hydrogen-bond acceptors (Lipinski definition) is 4. The van der Waals surface area contributed by atoms with E-state index in [2.05, 4.69) is 29.2 Å². The van der Waals surface area contributed by atoms with Gasteiger partial charge in [0.25, 0.3) is 0 Å². The predicted octanol–water partition coefficient (Wildman–Crippen LogP) is 3.46. The van der Waals surface area contributed by atoms with Crippen molar-refractivity contribution in [3.8, 4) is 0 Å². The Bertz CT molecular complexity index is 943. The van der Waals surface area contributed by atoms with Crippen LogP contribution in [0.15, 0.2) is 48.5 Å². The Morgan fingerprint density at radius 2 is 1.30 bits per heavy atom. The summed E-state index contributed by atoms with van der Waals surface area (Å²) in [4.78, 5) is 15.7. The predicted molar refractivity (Wildman–Crippen MR) is 123 cm³/mol.